The fourth-order valence-corrected chi connectivity index (χ4v) is 6.29. The van der Waals surface area contributed by atoms with Crippen LogP contribution in [0, 0.1) is 17.8 Å². The summed E-state index contributed by atoms with van der Waals surface area (Å²) in [7, 11) is -2.90. The van der Waals surface area contributed by atoms with E-state index in [0.29, 0.717) is 41.5 Å². The molecule has 1 aromatic rings. The maximum absolute atomic E-state index is 12.4. The molecule has 25 heavy (non-hydrogen) atoms. The van der Waals surface area contributed by atoms with Crippen LogP contribution >= 0.6 is 11.8 Å². The lowest BCUT2D eigenvalue weighted by molar-refractivity contribution is -0.130. The van der Waals surface area contributed by atoms with Crippen LogP contribution in [-0.4, -0.2) is 59.8 Å². The van der Waals surface area contributed by atoms with E-state index in [4.69, 9.17) is 4.42 Å². The normalized spacial score (nSPS) is 29.0. The fraction of sp³-hybridized carbons (Fsp3) is 0.812. The number of piperidine rings is 1. The second-order valence-corrected chi connectivity index (χ2v) is 10.6. The smallest absolute Gasteiger partial charge is 0.277 e. The van der Waals surface area contributed by atoms with Gasteiger partial charge in [0.25, 0.3) is 5.22 Å². The summed E-state index contributed by atoms with van der Waals surface area (Å²) in [6, 6.07) is 0. The highest BCUT2D eigenvalue weighted by atomic mass is 32.2. The van der Waals surface area contributed by atoms with Crippen LogP contribution in [0.5, 0.6) is 0 Å². The Hall–Kier alpha value is -1.09. The molecule has 0 saturated carbocycles. The van der Waals surface area contributed by atoms with E-state index >= 15 is 0 Å². The Bertz CT molecular complexity index is 709. The molecular formula is C16H25N3O4S2. The zero-order chi connectivity index (χ0) is 18.0. The van der Waals surface area contributed by atoms with Gasteiger partial charge in [-0.1, -0.05) is 25.6 Å². The molecule has 3 atom stereocenters. The minimum absolute atomic E-state index is 0.0567. The van der Waals surface area contributed by atoms with E-state index in [-0.39, 0.29) is 23.3 Å². The molecule has 140 valence electrons. The number of aromatic nitrogens is 2. The van der Waals surface area contributed by atoms with Crippen molar-refractivity contribution < 1.29 is 17.6 Å². The summed E-state index contributed by atoms with van der Waals surface area (Å²) in [6.07, 6.45) is 2.31. The molecule has 1 amide bonds. The first-order chi connectivity index (χ1) is 11.8. The van der Waals surface area contributed by atoms with E-state index in [1.54, 1.807) is 0 Å². The van der Waals surface area contributed by atoms with Crippen LogP contribution < -0.4 is 0 Å². The summed E-state index contributed by atoms with van der Waals surface area (Å²) in [5.74, 6) is 2.42. The monoisotopic (exact) mass is 387 g/mol. The van der Waals surface area contributed by atoms with Gasteiger partial charge in [0, 0.05) is 19.5 Å². The van der Waals surface area contributed by atoms with Crippen molar-refractivity contribution in [3.63, 3.8) is 0 Å². The van der Waals surface area contributed by atoms with Crippen LogP contribution in [-0.2, 0) is 21.1 Å². The lowest BCUT2D eigenvalue weighted by Crippen LogP contribution is -2.43. The number of rotatable bonds is 5. The van der Waals surface area contributed by atoms with E-state index in [2.05, 4.69) is 24.0 Å². The van der Waals surface area contributed by atoms with E-state index in [1.807, 2.05) is 4.90 Å². The molecule has 2 aliphatic rings. The van der Waals surface area contributed by atoms with Crippen molar-refractivity contribution in [1.29, 1.82) is 0 Å². The van der Waals surface area contributed by atoms with Gasteiger partial charge in [-0.2, -0.15) is 0 Å². The summed E-state index contributed by atoms with van der Waals surface area (Å²) < 4.78 is 28.6. The van der Waals surface area contributed by atoms with Gasteiger partial charge >= 0.3 is 0 Å². The van der Waals surface area contributed by atoms with Crippen LogP contribution in [0.4, 0.5) is 0 Å². The predicted molar refractivity (Wildman–Crippen MR) is 95.0 cm³/mol. The maximum Gasteiger partial charge on any atom is 0.277 e. The fourth-order valence-electron chi connectivity index (χ4n) is 3.74. The number of thioether (sulfide) groups is 1. The maximum atomic E-state index is 12.4. The number of hydrogen-bond donors (Lipinski definition) is 0. The quantitative estimate of drug-likeness (QED) is 0.709. The van der Waals surface area contributed by atoms with Crippen molar-refractivity contribution in [2.75, 3.05) is 30.3 Å². The molecule has 7 nitrogen and oxygen atoms in total. The standard InChI is InChI=1S/C16H25N3O4S2/c1-11-5-12(2)8-19(7-11)15(20)9-24-16-18-17-14(23-16)6-13-3-4-25(21,22)10-13/h11-13H,3-10H2,1-2H3/t11-,12-,13+/m1/s1. The molecule has 9 heteroatoms. The molecule has 0 radical (unpaired) electrons. The molecule has 3 rings (SSSR count). The highest BCUT2D eigenvalue weighted by Gasteiger charge is 2.29. The van der Waals surface area contributed by atoms with Gasteiger partial charge in [0.2, 0.25) is 11.8 Å². The number of carbonyl (C=O) groups is 1. The summed E-state index contributed by atoms with van der Waals surface area (Å²) in [4.78, 5) is 14.3. The van der Waals surface area contributed by atoms with E-state index in [1.165, 1.54) is 18.2 Å². The van der Waals surface area contributed by atoms with Gasteiger partial charge in [-0.15, -0.1) is 10.2 Å². The molecule has 0 aromatic carbocycles. The van der Waals surface area contributed by atoms with Crippen LogP contribution in [0.2, 0.25) is 0 Å². The zero-order valence-electron chi connectivity index (χ0n) is 14.7. The van der Waals surface area contributed by atoms with E-state index in [9.17, 15) is 13.2 Å². The molecule has 2 aliphatic heterocycles. The molecule has 0 spiro atoms. The molecule has 0 aliphatic carbocycles. The SMILES string of the molecule is C[C@@H]1C[C@@H](C)CN(C(=O)CSc2nnc(C[C@@H]3CCS(=O)(=O)C3)o2)C1. The van der Waals surface area contributed by atoms with Crippen LogP contribution in [0.3, 0.4) is 0 Å². The molecule has 2 saturated heterocycles. The summed E-state index contributed by atoms with van der Waals surface area (Å²) in [5.41, 5.74) is 0. The second-order valence-electron chi connectivity index (χ2n) is 7.47. The molecule has 0 bridgehead atoms. The Morgan fingerprint density at radius 1 is 1.28 bits per heavy atom. The molecule has 1 aromatic heterocycles. The Labute approximate surface area is 152 Å². The largest absolute Gasteiger partial charge is 0.416 e. The van der Waals surface area contributed by atoms with Crippen LogP contribution in [0.15, 0.2) is 9.64 Å². The van der Waals surface area contributed by atoms with Crippen molar-refractivity contribution in [3.05, 3.63) is 5.89 Å². The van der Waals surface area contributed by atoms with Gasteiger partial charge < -0.3 is 9.32 Å². The number of hydrogen-bond acceptors (Lipinski definition) is 7. The van der Waals surface area contributed by atoms with Crippen molar-refractivity contribution in [3.8, 4) is 0 Å². The lowest BCUT2D eigenvalue weighted by Gasteiger charge is -2.34. The summed E-state index contributed by atoms with van der Waals surface area (Å²) in [5, 5.41) is 8.33. The van der Waals surface area contributed by atoms with Gasteiger partial charge in [0.1, 0.15) is 0 Å². The average Bonchev–Trinajstić information content (AvgIpc) is 3.10. The van der Waals surface area contributed by atoms with Gasteiger partial charge in [0.05, 0.1) is 17.3 Å². The van der Waals surface area contributed by atoms with Gasteiger partial charge in [-0.25, -0.2) is 8.42 Å². The Morgan fingerprint density at radius 2 is 2.00 bits per heavy atom. The number of sulfone groups is 1. The number of amides is 1. The Kier molecular flexibility index (Phi) is 5.72. The third-order valence-electron chi connectivity index (χ3n) is 4.78. The van der Waals surface area contributed by atoms with E-state index < -0.39 is 9.84 Å². The molecule has 0 unspecified atom stereocenters. The lowest BCUT2D eigenvalue weighted by atomic mass is 9.92. The summed E-state index contributed by atoms with van der Waals surface area (Å²) >= 11 is 1.25. The second kappa shape index (κ2) is 7.65. The first-order valence-corrected chi connectivity index (χ1v) is 11.5. The molecule has 3 heterocycles. The number of carbonyl (C=O) groups excluding carboxylic acids is 1. The first kappa shape index (κ1) is 18.7. The molecule has 0 N–H and O–H groups in total. The third kappa shape index (κ3) is 5.20. The predicted octanol–water partition coefficient (Wildman–Crippen LogP) is 1.64. The van der Waals surface area contributed by atoms with Gasteiger partial charge in [-0.3, -0.25) is 4.79 Å². The number of likely N-dealkylation sites (tertiary alicyclic amines) is 1. The average molecular weight is 388 g/mol. The van der Waals surface area contributed by atoms with Crippen LogP contribution in [0.1, 0.15) is 32.6 Å². The Balaban J connectivity index is 1.47. The highest BCUT2D eigenvalue weighted by Crippen LogP contribution is 2.25. The molecular weight excluding hydrogens is 362 g/mol. The number of nitrogens with zero attached hydrogens (tertiary/aromatic N) is 3. The van der Waals surface area contributed by atoms with Crippen LogP contribution in [0.25, 0.3) is 0 Å². The van der Waals surface area contributed by atoms with Crippen molar-refractivity contribution in [1.82, 2.24) is 15.1 Å². The topological polar surface area (TPSA) is 93.4 Å². The summed E-state index contributed by atoms with van der Waals surface area (Å²) in [6.45, 7) is 5.98. The Morgan fingerprint density at radius 3 is 2.64 bits per heavy atom. The third-order valence-corrected chi connectivity index (χ3v) is 7.42. The van der Waals surface area contributed by atoms with Crippen molar-refractivity contribution >= 4 is 27.5 Å². The minimum atomic E-state index is -2.90. The van der Waals surface area contributed by atoms with Gasteiger partial charge in [0.15, 0.2) is 9.84 Å². The highest BCUT2D eigenvalue weighted by molar-refractivity contribution is 7.99. The first-order valence-electron chi connectivity index (χ1n) is 8.74. The van der Waals surface area contributed by atoms with Crippen molar-refractivity contribution in [2.45, 2.75) is 38.3 Å². The van der Waals surface area contributed by atoms with E-state index in [0.717, 1.165) is 13.1 Å². The van der Waals surface area contributed by atoms with Gasteiger partial charge in [-0.05, 0) is 30.6 Å². The molecule has 2 fully saturated rings. The van der Waals surface area contributed by atoms with Crippen molar-refractivity contribution in [2.24, 2.45) is 17.8 Å². The zero-order valence-corrected chi connectivity index (χ0v) is 16.3. The minimum Gasteiger partial charge on any atom is -0.416 e.